The molecule has 8 nitrogen and oxygen atoms in total. The number of nitro benzene ring substituents is 1. The van der Waals surface area contributed by atoms with E-state index in [9.17, 15) is 14.9 Å². The lowest BCUT2D eigenvalue weighted by Gasteiger charge is -2.11. The number of anilines is 3. The molecule has 0 radical (unpaired) electrons. The summed E-state index contributed by atoms with van der Waals surface area (Å²) >= 11 is 0. The van der Waals surface area contributed by atoms with Crippen LogP contribution in [0.5, 0.6) is 5.75 Å². The Labute approximate surface area is 240 Å². The lowest BCUT2D eigenvalue weighted by Crippen LogP contribution is -2.11. The molecule has 0 heterocycles. The fraction of sp³-hybridized carbons (Fsp3) is 0.594. The first-order valence-electron chi connectivity index (χ1n) is 15.1. The van der Waals surface area contributed by atoms with Crippen LogP contribution < -0.4 is 15.4 Å². The van der Waals surface area contributed by atoms with Crippen LogP contribution in [0, 0.1) is 10.1 Å². The maximum absolute atomic E-state index is 12.4. The van der Waals surface area contributed by atoms with Gasteiger partial charge in [0.15, 0.2) is 6.79 Å². The molecule has 0 fully saturated rings. The van der Waals surface area contributed by atoms with Crippen LogP contribution in [-0.2, 0) is 9.53 Å². The summed E-state index contributed by atoms with van der Waals surface area (Å²) in [4.78, 5) is 23.6. The van der Waals surface area contributed by atoms with Crippen LogP contribution in [0.15, 0.2) is 42.5 Å². The average molecular weight is 556 g/mol. The minimum atomic E-state index is -0.456. The van der Waals surface area contributed by atoms with Crippen molar-refractivity contribution in [3.8, 4) is 5.75 Å². The molecule has 0 unspecified atom stereocenters. The number of amides is 1. The summed E-state index contributed by atoms with van der Waals surface area (Å²) in [5, 5.41) is 17.5. The molecular formula is C32H49N3O5. The Balaban J connectivity index is 1.61. The fourth-order valence-electron chi connectivity index (χ4n) is 4.66. The Morgan fingerprint density at radius 2 is 1.30 bits per heavy atom. The van der Waals surface area contributed by atoms with E-state index in [-0.39, 0.29) is 18.4 Å². The number of rotatable bonds is 23. The Morgan fingerprint density at radius 1 is 0.775 bits per heavy atom. The maximum Gasteiger partial charge on any atom is 0.294 e. The first kappa shape index (κ1) is 33.1. The summed E-state index contributed by atoms with van der Waals surface area (Å²) < 4.78 is 10.2. The van der Waals surface area contributed by atoms with Gasteiger partial charge in [0.05, 0.1) is 4.92 Å². The van der Waals surface area contributed by atoms with Crippen molar-refractivity contribution in [2.24, 2.45) is 0 Å². The van der Waals surface area contributed by atoms with Crippen LogP contribution in [0.2, 0.25) is 0 Å². The molecule has 0 aliphatic rings. The van der Waals surface area contributed by atoms with Crippen molar-refractivity contribution < 1.29 is 19.2 Å². The Bertz CT molecular complexity index is 981. The molecule has 0 atom stereocenters. The minimum absolute atomic E-state index is 0.107. The Kier molecular flexibility index (Phi) is 17.1. The number of hydrogen-bond acceptors (Lipinski definition) is 6. The summed E-state index contributed by atoms with van der Waals surface area (Å²) in [6.45, 7) is 2.41. The number of nitrogens with zero attached hydrogens (tertiary/aromatic N) is 1. The van der Waals surface area contributed by atoms with Gasteiger partial charge in [-0.25, -0.2) is 0 Å². The van der Waals surface area contributed by atoms with Crippen LogP contribution in [0.3, 0.4) is 0 Å². The monoisotopic (exact) mass is 555 g/mol. The van der Waals surface area contributed by atoms with Gasteiger partial charge < -0.3 is 20.1 Å². The molecule has 8 heteroatoms. The molecule has 0 spiro atoms. The second kappa shape index (κ2) is 20.7. The van der Waals surface area contributed by atoms with Crippen molar-refractivity contribution in [3.63, 3.8) is 0 Å². The van der Waals surface area contributed by atoms with E-state index >= 15 is 0 Å². The Hall–Kier alpha value is -3.13. The van der Waals surface area contributed by atoms with E-state index in [2.05, 4.69) is 17.6 Å². The van der Waals surface area contributed by atoms with Crippen LogP contribution in [-0.4, -0.2) is 24.7 Å². The molecule has 2 rings (SSSR count). The van der Waals surface area contributed by atoms with Crippen molar-refractivity contribution in [1.82, 2.24) is 0 Å². The molecule has 40 heavy (non-hydrogen) atoms. The molecule has 0 bridgehead atoms. The van der Waals surface area contributed by atoms with Crippen LogP contribution in [0.4, 0.5) is 22.7 Å². The van der Waals surface area contributed by atoms with Crippen molar-refractivity contribution >= 4 is 28.7 Å². The highest BCUT2D eigenvalue weighted by molar-refractivity contribution is 5.91. The van der Waals surface area contributed by atoms with Gasteiger partial charge in [0.25, 0.3) is 5.69 Å². The first-order valence-corrected chi connectivity index (χ1v) is 15.1. The van der Waals surface area contributed by atoms with Crippen LogP contribution in [0.1, 0.15) is 110 Å². The van der Waals surface area contributed by atoms with E-state index in [1.54, 1.807) is 43.5 Å². The SMILES string of the molecule is CCCCCCCCCCCCCCCCCC(=O)Nc1ccc(Nc2ccc(OCOC)cc2)c([N+](=O)[O-])c1. The number of nitro groups is 1. The molecule has 0 saturated carbocycles. The predicted octanol–water partition coefficient (Wildman–Crippen LogP) is 9.52. The standard InChI is InChI=1S/C32H49N3O5/c1-3-4-5-6-7-8-9-10-11-12-13-14-15-16-17-18-32(36)34-28-21-24-30(31(25-28)35(37)38)33-27-19-22-29(23-20-27)40-26-39-2/h19-25,33H,3-18,26H2,1-2H3,(H,34,36). The normalized spacial score (nSPS) is 10.8. The van der Waals surface area contributed by atoms with Crippen LogP contribution >= 0.6 is 0 Å². The van der Waals surface area contributed by atoms with Crippen molar-refractivity contribution in [2.75, 3.05) is 24.5 Å². The molecule has 0 saturated heterocycles. The topological polar surface area (TPSA) is 103 Å². The minimum Gasteiger partial charge on any atom is -0.468 e. The lowest BCUT2D eigenvalue weighted by atomic mass is 10.0. The Morgan fingerprint density at radius 3 is 1.82 bits per heavy atom. The highest BCUT2D eigenvalue weighted by atomic mass is 16.7. The summed E-state index contributed by atoms with van der Waals surface area (Å²) in [5.41, 5.74) is 1.34. The smallest absolute Gasteiger partial charge is 0.294 e. The molecule has 0 aliphatic heterocycles. The van der Waals surface area contributed by atoms with E-state index in [0.717, 1.165) is 19.3 Å². The molecule has 0 aromatic heterocycles. The fourth-order valence-corrected chi connectivity index (χ4v) is 4.66. The van der Waals surface area contributed by atoms with E-state index in [1.165, 1.54) is 83.1 Å². The highest BCUT2D eigenvalue weighted by Gasteiger charge is 2.16. The molecule has 2 aromatic rings. The molecule has 222 valence electrons. The number of nitrogens with one attached hydrogen (secondary N) is 2. The number of unbranched alkanes of at least 4 members (excludes halogenated alkanes) is 14. The van der Waals surface area contributed by atoms with Crippen molar-refractivity contribution in [1.29, 1.82) is 0 Å². The van der Waals surface area contributed by atoms with Gasteiger partial charge in [-0.3, -0.25) is 14.9 Å². The van der Waals surface area contributed by atoms with Gasteiger partial charge in [-0.2, -0.15) is 0 Å². The largest absolute Gasteiger partial charge is 0.468 e. The van der Waals surface area contributed by atoms with Crippen LogP contribution in [0.25, 0.3) is 0 Å². The quantitative estimate of drug-likeness (QED) is 0.0612. The van der Waals surface area contributed by atoms with Gasteiger partial charge in [-0.05, 0) is 42.8 Å². The number of carbonyl (C=O) groups excluding carboxylic acids is 1. The van der Waals surface area contributed by atoms with Crippen molar-refractivity contribution in [3.05, 3.63) is 52.6 Å². The second-order valence-corrected chi connectivity index (χ2v) is 10.4. The van der Waals surface area contributed by atoms with Gasteiger partial charge in [0, 0.05) is 31.0 Å². The van der Waals surface area contributed by atoms with Gasteiger partial charge in [0.1, 0.15) is 11.4 Å². The summed E-state index contributed by atoms with van der Waals surface area (Å²) in [5.74, 6) is 0.519. The third kappa shape index (κ3) is 14.3. The first-order chi connectivity index (χ1) is 19.5. The van der Waals surface area contributed by atoms with Gasteiger partial charge >= 0.3 is 0 Å². The zero-order chi connectivity index (χ0) is 28.8. The number of methoxy groups -OCH3 is 1. The number of hydrogen-bond donors (Lipinski definition) is 2. The molecule has 2 aromatic carbocycles. The number of ether oxygens (including phenoxy) is 2. The molecular weight excluding hydrogens is 506 g/mol. The summed E-state index contributed by atoms with van der Waals surface area (Å²) in [7, 11) is 1.54. The summed E-state index contributed by atoms with van der Waals surface area (Å²) in [6, 6.07) is 11.7. The average Bonchev–Trinajstić information content (AvgIpc) is 2.95. The predicted molar refractivity (Wildman–Crippen MR) is 164 cm³/mol. The van der Waals surface area contributed by atoms with E-state index in [1.807, 2.05) is 0 Å². The van der Waals surface area contributed by atoms with E-state index in [4.69, 9.17) is 9.47 Å². The third-order valence-corrected chi connectivity index (χ3v) is 6.96. The zero-order valence-corrected chi connectivity index (χ0v) is 24.6. The highest BCUT2D eigenvalue weighted by Crippen LogP contribution is 2.31. The van der Waals surface area contributed by atoms with Crippen molar-refractivity contribution in [2.45, 2.75) is 110 Å². The third-order valence-electron chi connectivity index (χ3n) is 6.96. The molecule has 0 aliphatic carbocycles. The van der Waals surface area contributed by atoms with E-state index < -0.39 is 4.92 Å². The summed E-state index contributed by atoms with van der Waals surface area (Å²) in [6.07, 6.45) is 19.6. The van der Waals surface area contributed by atoms with Gasteiger partial charge in [-0.15, -0.1) is 0 Å². The lowest BCUT2D eigenvalue weighted by molar-refractivity contribution is -0.383. The number of carbonyl (C=O) groups is 1. The molecule has 1 amide bonds. The number of benzene rings is 2. The van der Waals surface area contributed by atoms with E-state index in [0.29, 0.717) is 29.2 Å². The van der Waals surface area contributed by atoms with Gasteiger partial charge in [0.2, 0.25) is 5.91 Å². The second-order valence-electron chi connectivity index (χ2n) is 10.4. The van der Waals surface area contributed by atoms with Gasteiger partial charge in [-0.1, -0.05) is 96.8 Å². The molecule has 2 N–H and O–H groups in total. The zero-order valence-electron chi connectivity index (χ0n) is 24.6. The maximum atomic E-state index is 12.4.